The molecule has 2 fully saturated rings. The van der Waals surface area contributed by atoms with E-state index >= 15 is 0 Å². The van der Waals surface area contributed by atoms with Crippen molar-refractivity contribution in [3.63, 3.8) is 0 Å². The molecule has 2 aromatic rings. The van der Waals surface area contributed by atoms with Crippen LogP contribution in [0.25, 0.3) is 0 Å². The molecule has 2 aromatic heterocycles. The van der Waals surface area contributed by atoms with Crippen LogP contribution in [0.1, 0.15) is 49.0 Å². The van der Waals surface area contributed by atoms with E-state index in [4.69, 9.17) is 9.26 Å². The Morgan fingerprint density at radius 3 is 2.81 bits per heavy atom. The molecule has 0 aliphatic carbocycles. The Kier molecular flexibility index (Phi) is 5.21. The van der Waals surface area contributed by atoms with E-state index in [1.807, 2.05) is 17.0 Å². The smallest absolute Gasteiger partial charge is 0.249 e. The van der Waals surface area contributed by atoms with Crippen LogP contribution in [0.2, 0.25) is 0 Å². The zero-order chi connectivity index (χ0) is 17.8. The Labute approximate surface area is 151 Å². The first-order valence-corrected chi connectivity index (χ1v) is 9.11. The molecule has 0 aromatic carbocycles. The van der Waals surface area contributed by atoms with Gasteiger partial charge >= 0.3 is 0 Å². The first-order chi connectivity index (χ1) is 12.8. The van der Waals surface area contributed by atoms with Gasteiger partial charge in [-0.1, -0.05) is 5.16 Å². The lowest BCUT2D eigenvalue weighted by atomic mass is 10.1. The molecule has 4 heterocycles. The molecule has 0 radical (unpaired) electrons. The van der Waals surface area contributed by atoms with Crippen LogP contribution >= 0.6 is 0 Å². The third-order valence-electron chi connectivity index (χ3n) is 4.97. The second kappa shape index (κ2) is 7.92. The largest absolute Gasteiger partial charge is 0.381 e. The summed E-state index contributed by atoms with van der Waals surface area (Å²) in [6.45, 7) is 2.69. The molecule has 1 amide bonds. The molecule has 2 saturated heterocycles. The van der Waals surface area contributed by atoms with Crippen LogP contribution in [0.5, 0.6) is 0 Å². The first-order valence-electron chi connectivity index (χ1n) is 9.11. The number of nitrogens with one attached hydrogen (secondary N) is 1. The summed E-state index contributed by atoms with van der Waals surface area (Å²) in [4.78, 5) is 22.7. The number of ether oxygens (including phenoxy) is 1. The monoisotopic (exact) mass is 357 g/mol. The molecule has 138 valence electrons. The van der Waals surface area contributed by atoms with Gasteiger partial charge in [-0.2, -0.15) is 4.98 Å². The van der Waals surface area contributed by atoms with Crippen molar-refractivity contribution in [3.05, 3.63) is 41.8 Å². The first kappa shape index (κ1) is 17.1. The predicted molar refractivity (Wildman–Crippen MR) is 91.7 cm³/mol. The lowest BCUT2D eigenvalue weighted by Crippen LogP contribution is -2.34. The van der Waals surface area contributed by atoms with Gasteiger partial charge in [-0.25, -0.2) is 0 Å². The molecule has 0 unspecified atom stereocenters. The summed E-state index contributed by atoms with van der Waals surface area (Å²) in [5, 5.41) is 7.53. The van der Waals surface area contributed by atoms with Crippen LogP contribution in [0.3, 0.4) is 0 Å². The van der Waals surface area contributed by atoms with Crippen molar-refractivity contribution in [2.45, 2.75) is 50.9 Å². The van der Waals surface area contributed by atoms with Gasteiger partial charge in [0.25, 0.3) is 0 Å². The minimum absolute atomic E-state index is 0.117. The van der Waals surface area contributed by atoms with E-state index in [1.165, 1.54) is 0 Å². The van der Waals surface area contributed by atoms with Crippen molar-refractivity contribution in [2.24, 2.45) is 0 Å². The molecule has 0 saturated carbocycles. The van der Waals surface area contributed by atoms with Gasteiger partial charge in [0.05, 0.1) is 6.54 Å². The number of carbonyl (C=O) groups is 1. The minimum atomic E-state index is -0.153. The number of pyridine rings is 1. The highest BCUT2D eigenvalue weighted by atomic mass is 16.5. The number of nitrogens with zero attached hydrogens (tertiary/aromatic N) is 4. The van der Waals surface area contributed by atoms with Crippen molar-refractivity contribution in [1.82, 2.24) is 25.3 Å². The summed E-state index contributed by atoms with van der Waals surface area (Å²) >= 11 is 0. The van der Waals surface area contributed by atoms with E-state index < -0.39 is 0 Å². The molecular weight excluding hydrogens is 334 g/mol. The van der Waals surface area contributed by atoms with Crippen molar-refractivity contribution in [1.29, 1.82) is 0 Å². The summed E-state index contributed by atoms with van der Waals surface area (Å²) in [5.74, 6) is 1.27. The summed E-state index contributed by atoms with van der Waals surface area (Å²) in [6.07, 6.45) is 6.69. The van der Waals surface area contributed by atoms with Crippen molar-refractivity contribution in [3.8, 4) is 0 Å². The number of likely N-dealkylation sites (tertiary alicyclic amines) is 1. The van der Waals surface area contributed by atoms with Gasteiger partial charge in [0.1, 0.15) is 6.04 Å². The number of hydrogen-bond donors (Lipinski definition) is 1. The second-order valence-electron chi connectivity index (χ2n) is 6.75. The number of hydrogen-bond acceptors (Lipinski definition) is 7. The Bertz CT molecular complexity index is 729. The van der Waals surface area contributed by atoms with E-state index in [-0.39, 0.29) is 11.9 Å². The number of carbonyl (C=O) groups excluding carboxylic acids is 1. The fourth-order valence-corrected chi connectivity index (χ4v) is 3.49. The second-order valence-corrected chi connectivity index (χ2v) is 6.75. The van der Waals surface area contributed by atoms with Crippen molar-refractivity contribution < 1.29 is 14.1 Å². The van der Waals surface area contributed by atoms with E-state index in [0.29, 0.717) is 43.7 Å². The zero-order valence-electron chi connectivity index (χ0n) is 14.6. The summed E-state index contributed by atoms with van der Waals surface area (Å²) < 4.78 is 10.8. The van der Waals surface area contributed by atoms with Gasteiger partial charge in [0.2, 0.25) is 11.8 Å². The fourth-order valence-electron chi connectivity index (χ4n) is 3.49. The summed E-state index contributed by atoms with van der Waals surface area (Å²) in [5.41, 5.74) is 1.04. The highest BCUT2D eigenvalue weighted by molar-refractivity contribution is 5.78. The lowest BCUT2D eigenvalue weighted by molar-refractivity contribution is -0.129. The lowest BCUT2D eigenvalue weighted by Gasteiger charge is -2.22. The quantitative estimate of drug-likeness (QED) is 0.839. The Morgan fingerprint density at radius 1 is 1.19 bits per heavy atom. The molecule has 2 aliphatic rings. The average Bonchev–Trinajstić information content (AvgIpc) is 3.29. The zero-order valence-corrected chi connectivity index (χ0v) is 14.6. The van der Waals surface area contributed by atoms with Crippen LogP contribution < -0.4 is 5.32 Å². The summed E-state index contributed by atoms with van der Waals surface area (Å²) in [6, 6.07) is 4.11. The molecule has 8 heteroatoms. The van der Waals surface area contributed by atoms with Crippen molar-refractivity contribution in [2.75, 3.05) is 13.2 Å². The Hall–Kier alpha value is -2.32. The third kappa shape index (κ3) is 3.91. The Morgan fingerprint density at radius 2 is 2.00 bits per heavy atom. The van der Waals surface area contributed by atoms with Gasteiger partial charge in [-0.15, -0.1) is 0 Å². The van der Waals surface area contributed by atoms with Crippen LogP contribution in [-0.2, 0) is 22.6 Å². The van der Waals surface area contributed by atoms with Gasteiger partial charge < -0.3 is 19.5 Å². The SMILES string of the molecule is O=C1CC[C@@H](c2nc(CNC3CCOCC3)no2)N1Cc1ccncc1. The van der Waals surface area contributed by atoms with Gasteiger partial charge in [0.15, 0.2) is 5.82 Å². The fraction of sp³-hybridized carbons (Fsp3) is 0.556. The van der Waals surface area contributed by atoms with Crippen molar-refractivity contribution >= 4 is 5.91 Å². The van der Waals surface area contributed by atoms with E-state index in [0.717, 1.165) is 31.6 Å². The number of aromatic nitrogens is 3. The molecule has 0 spiro atoms. The molecule has 26 heavy (non-hydrogen) atoms. The molecule has 0 bridgehead atoms. The van der Waals surface area contributed by atoms with Gasteiger partial charge in [0, 0.05) is 44.6 Å². The normalized spacial score (nSPS) is 21.5. The predicted octanol–water partition coefficient (Wildman–Crippen LogP) is 1.60. The van der Waals surface area contributed by atoms with E-state index in [9.17, 15) is 4.79 Å². The molecular formula is C18H23N5O3. The molecule has 8 nitrogen and oxygen atoms in total. The molecule has 4 rings (SSSR count). The number of amides is 1. The van der Waals surface area contributed by atoms with Gasteiger partial charge in [-0.3, -0.25) is 9.78 Å². The maximum atomic E-state index is 12.3. The van der Waals surface area contributed by atoms with Crippen LogP contribution in [-0.4, -0.2) is 45.2 Å². The van der Waals surface area contributed by atoms with Gasteiger partial charge in [-0.05, 0) is 37.0 Å². The standard InChI is InChI=1S/C18H23N5O3/c24-17-2-1-15(23(17)12-13-3-7-19-8-4-13)18-21-16(22-26-18)11-20-14-5-9-25-10-6-14/h3-4,7-8,14-15,20H,1-2,5-6,9-12H2/t15-/m0/s1. The third-order valence-corrected chi connectivity index (χ3v) is 4.97. The molecule has 2 aliphatic heterocycles. The van der Waals surface area contributed by atoms with Crippen LogP contribution in [0.15, 0.2) is 29.0 Å². The van der Waals surface area contributed by atoms with E-state index in [2.05, 4.69) is 20.4 Å². The molecule has 1 N–H and O–H groups in total. The molecule has 1 atom stereocenters. The highest BCUT2D eigenvalue weighted by Crippen LogP contribution is 2.33. The summed E-state index contributed by atoms with van der Waals surface area (Å²) in [7, 11) is 0. The average molecular weight is 357 g/mol. The highest BCUT2D eigenvalue weighted by Gasteiger charge is 2.35. The van der Waals surface area contributed by atoms with E-state index in [1.54, 1.807) is 12.4 Å². The number of rotatable bonds is 6. The minimum Gasteiger partial charge on any atom is -0.381 e. The Balaban J connectivity index is 1.39. The maximum Gasteiger partial charge on any atom is 0.249 e. The van der Waals surface area contributed by atoms with Crippen LogP contribution in [0, 0.1) is 0 Å². The maximum absolute atomic E-state index is 12.3. The topological polar surface area (TPSA) is 93.4 Å². The van der Waals surface area contributed by atoms with Crippen LogP contribution in [0.4, 0.5) is 0 Å².